The Hall–Kier alpha value is -3.84. The summed E-state index contributed by atoms with van der Waals surface area (Å²) in [5.41, 5.74) is -5.00. The van der Waals surface area contributed by atoms with E-state index in [9.17, 15) is 26.3 Å². The first kappa shape index (κ1) is 18.9. The van der Waals surface area contributed by atoms with Gasteiger partial charge >= 0.3 is 12.4 Å². The van der Waals surface area contributed by atoms with Crippen molar-refractivity contribution < 1.29 is 26.3 Å². The Morgan fingerprint density at radius 1 is 0.643 bits per heavy atom. The fraction of sp³-hybridized carbons (Fsp3) is 0.111. The highest BCUT2D eigenvalue weighted by atomic mass is 19.4. The van der Waals surface area contributed by atoms with Gasteiger partial charge in [0.15, 0.2) is 0 Å². The molecule has 1 aliphatic rings. The molecule has 0 saturated heterocycles. The summed E-state index contributed by atoms with van der Waals surface area (Å²) in [5.74, 6) is 0. The number of nitrogens with zero attached hydrogens (tertiary/aromatic N) is 4. The van der Waals surface area contributed by atoms with Crippen LogP contribution in [0, 0.1) is 34.1 Å². The molecule has 3 rings (SSSR count). The van der Waals surface area contributed by atoms with Crippen LogP contribution in [0.4, 0.5) is 26.3 Å². The molecule has 0 atom stereocenters. The first-order valence-corrected chi connectivity index (χ1v) is 7.31. The molecule has 0 bridgehead atoms. The third-order valence-corrected chi connectivity index (χ3v) is 4.13. The number of benzene rings is 2. The van der Waals surface area contributed by atoms with E-state index in [1.54, 1.807) is 0 Å². The molecule has 10 heteroatoms. The van der Waals surface area contributed by atoms with Crippen LogP contribution in [0.3, 0.4) is 0 Å². The van der Waals surface area contributed by atoms with Crippen LogP contribution >= 0.6 is 0 Å². The summed E-state index contributed by atoms with van der Waals surface area (Å²) in [4.78, 5) is 3.39. The predicted molar refractivity (Wildman–Crippen MR) is 82.6 cm³/mol. The van der Waals surface area contributed by atoms with E-state index in [4.69, 9.17) is 15.8 Å². The van der Waals surface area contributed by atoms with Gasteiger partial charge in [0.2, 0.25) is 6.19 Å². The second-order valence-corrected chi connectivity index (χ2v) is 5.67. The lowest BCUT2D eigenvalue weighted by atomic mass is 9.96. The van der Waals surface area contributed by atoms with Gasteiger partial charge in [-0.3, -0.25) is 0 Å². The number of aliphatic imine (C=N–C) groups is 1. The van der Waals surface area contributed by atoms with Crippen LogP contribution < -0.4 is 0 Å². The lowest BCUT2D eigenvalue weighted by molar-refractivity contribution is -0.138. The van der Waals surface area contributed by atoms with E-state index in [2.05, 4.69) is 4.99 Å². The van der Waals surface area contributed by atoms with Crippen molar-refractivity contribution in [3.05, 3.63) is 57.6 Å². The van der Waals surface area contributed by atoms with Crippen molar-refractivity contribution in [2.24, 2.45) is 4.99 Å². The summed E-state index contributed by atoms with van der Waals surface area (Å²) >= 11 is 0. The van der Waals surface area contributed by atoms with Gasteiger partial charge < -0.3 is 0 Å². The Morgan fingerprint density at radius 3 is 1.32 bits per heavy atom. The van der Waals surface area contributed by atoms with E-state index in [1.807, 2.05) is 0 Å². The molecule has 4 nitrogen and oxygen atoms in total. The Kier molecular flexibility index (Phi) is 4.13. The van der Waals surface area contributed by atoms with Crippen LogP contribution in [0.25, 0.3) is 11.1 Å². The van der Waals surface area contributed by atoms with Crippen molar-refractivity contribution in [3.63, 3.8) is 0 Å². The van der Waals surface area contributed by atoms with Gasteiger partial charge in [0.1, 0.15) is 0 Å². The molecule has 0 aliphatic heterocycles. The number of halogens is 6. The molecular formula is C18H4F6N4. The summed E-state index contributed by atoms with van der Waals surface area (Å²) in [6.45, 7) is 0. The van der Waals surface area contributed by atoms with Gasteiger partial charge in [-0.05, 0) is 35.4 Å². The second-order valence-electron chi connectivity index (χ2n) is 5.67. The van der Waals surface area contributed by atoms with E-state index in [1.165, 1.54) is 18.3 Å². The fourth-order valence-electron chi connectivity index (χ4n) is 3.01. The number of alkyl halides is 6. The van der Waals surface area contributed by atoms with Gasteiger partial charge in [-0.1, -0.05) is 0 Å². The van der Waals surface area contributed by atoms with Crippen LogP contribution in [0.2, 0.25) is 0 Å². The minimum absolute atomic E-state index is 0.0150. The zero-order valence-corrected chi connectivity index (χ0v) is 13.4. The normalized spacial score (nSPS) is 12.5. The Labute approximate surface area is 153 Å². The van der Waals surface area contributed by atoms with Gasteiger partial charge in [-0.2, -0.15) is 47.1 Å². The Morgan fingerprint density at radius 2 is 1.04 bits per heavy atom. The van der Waals surface area contributed by atoms with Gasteiger partial charge in [0.05, 0.1) is 40.1 Å². The SMILES string of the molecule is N#CN=C1c2cc(C(F)(F)F)c(C#N)cc2-c2cc(C#N)c(C(F)(F)F)cc21. The molecule has 2 aromatic carbocycles. The van der Waals surface area contributed by atoms with Crippen molar-refractivity contribution in [2.75, 3.05) is 0 Å². The molecule has 0 fully saturated rings. The Bertz CT molecular complexity index is 1080. The third-order valence-electron chi connectivity index (χ3n) is 4.13. The van der Waals surface area contributed by atoms with E-state index in [0.29, 0.717) is 12.1 Å². The molecule has 0 N–H and O–H groups in total. The summed E-state index contributed by atoms with van der Waals surface area (Å²) in [5, 5.41) is 26.9. The average molecular weight is 390 g/mol. The molecule has 0 unspecified atom stereocenters. The average Bonchev–Trinajstić information content (AvgIpc) is 2.91. The van der Waals surface area contributed by atoms with Gasteiger partial charge in [0, 0.05) is 11.1 Å². The van der Waals surface area contributed by atoms with Crippen molar-refractivity contribution in [1.29, 1.82) is 15.8 Å². The topological polar surface area (TPSA) is 83.7 Å². The van der Waals surface area contributed by atoms with Crippen LogP contribution in [0.5, 0.6) is 0 Å². The lowest BCUT2D eigenvalue weighted by Crippen LogP contribution is -2.11. The summed E-state index contributed by atoms with van der Waals surface area (Å²) in [6.07, 6.45) is -8.44. The molecule has 1 aliphatic carbocycles. The molecule has 0 amide bonds. The van der Waals surface area contributed by atoms with E-state index < -0.39 is 40.3 Å². The largest absolute Gasteiger partial charge is 0.417 e. The monoisotopic (exact) mass is 390 g/mol. The molecular weight excluding hydrogens is 386 g/mol. The van der Waals surface area contributed by atoms with Crippen LogP contribution in [-0.4, -0.2) is 5.71 Å². The van der Waals surface area contributed by atoms with Gasteiger partial charge in [0.25, 0.3) is 0 Å². The molecule has 0 saturated carbocycles. The Balaban J connectivity index is 2.43. The van der Waals surface area contributed by atoms with E-state index in [-0.39, 0.29) is 22.3 Å². The van der Waals surface area contributed by atoms with E-state index in [0.717, 1.165) is 12.1 Å². The molecule has 138 valence electrons. The highest BCUT2D eigenvalue weighted by Gasteiger charge is 2.40. The lowest BCUT2D eigenvalue weighted by Gasteiger charge is -2.12. The number of nitriles is 3. The first-order chi connectivity index (χ1) is 13.0. The fourth-order valence-corrected chi connectivity index (χ4v) is 3.01. The minimum Gasteiger partial charge on any atom is -0.192 e. The smallest absolute Gasteiger partial charge is 0.192 e. The zero-order chi connectivity index (χ0) is 20.9. The number of hydrogen-bond acceptors (Lipinski definition) is 4. The standard InChI is InChI=1S/C18H4F6N4/c19-17(20,21)14-3-12-10(1-8(14)5-25)11-2-9(6-26)15(18(22,23)24)4-13(11)16(12)28-7-27/h1-4H. The van der Waals surface area contributed by atoms with Crippen molar-refractivity contribution in [2.45, 2.75) is 12.4 Å². The molecule has 0 aromatic heterocycles. The molecule has 0 radical (unpaired) electrons. The maximum Gasteiger partial charge on any atom is 0.417 e. The minimum atomic E-state index is -4.90. The predicted octanol–water partition coefficient (Wildman–Crippen LogP) is 4.77. The number of rotatable bonds is 0. The highest BCUT2D eigenvalue weighted by molar-refractivity contribution is 6.25. The quantitative estimate of drug-likeness (QED) is 0.410. The van der Waals surface area contributed by atoms with Crippen molar-refractivity contribution in [3.8, 4) is 29.5 Å². The number of hydrogen-bond donors (Lipinski definition) is 0. The molecule has 0 heterocycles. The summed E-state index contributed by atoms with van der Waals surface area (Å²) in [6, 6.07) is 5.69. The van der Waals surface area contributed by atoms with Crippen LogP contribution in [0.1, 0.15) is 33.4 Å². The maximum absolute atomic E-state index is 13.2. The van der Waals surface area contributed by atoms with Crippen molar-refractivity contribution in [1.82, 2.24) is 0 Å². The van der Waals surface area contributed by atoms with Gasteiger partial charge in [-0.15, -0.1) is 0 Å². The number of fused-ring (bicyclic) bond motifs is 3. The molecule has 28 heavy (non-hydrogen) atoms. The third kappa shape index (κ3) is 2.83. The molecule has 0 spiro atoms. The first-order valence-electron chi connectivity index (χ1n) is 7.31. The van der Waals surface area contributed by atoms with Crippen molar-refractivity contribution >= 4 is 5.71 Å². The highest BCUT2D eigenvalue weighted by Crippen LogP contribution is 2.45. The second kappa shape index (κ2) is 6.11. The maximum atomic E-state index is 13.2. The molecule has 2 aromatic rings. The summed E-state index contributed by atoms with van der Waals surface area (Å²) in [7, 11) is 0. The summed E-state index contributed by atoms with van der Waals surface area (Å²) < 4.78 is 79.4. The van der Waals surface area contributed by atoms with Gasteiger partial charge in [-0.25, -0.2) is 0 Å². The zero-order valence-electron chi connectivity index (χ0n) is 13.4. The van der Waals surface area contributed by atoms with E-state index >= 15 is 0 Å². The van der Waals surface area contributed by atoms with Crippen LogP contribution in [0.15, 0.2) is 29.3 Å². The van der Waals surface area contributed by atoms with Crippen LogP contribution in [-0.2, 0) is 12.4 Å².